The van der Waals surface area contributed by atoms with E-state index in [0.29, 0.717) is 41.7 Å². The van der Waals surface area contributed by atoms with E-state index < -0.39 is 53.8 Å². The van der Waals surface area contributed by atoms with E-state index in [9.17, 15) is 33.9 Å². The molecule has 4 amide bonds. The van der Waals surface area contributed by atoms with Crippen LogP contribution in [0.3, 0.4) is 0 Å². The van der Waals surface area contributed by atoms with Crippen LogP contribution in [0, 0.1) is 12.7 Å². The van der Waals surface area contributed by atoms with Gasteiger partial charge in [0.25, 0.3) is 5.56 Å². The lowest BCUT2D eigenvalue weighted by atomic mass is 9.78. The summed E-state index contributed by atoms with van der Waals surface area (Å²) < 4.78 is 27.6. The molecule has 5 N–H and O–H groups in total. The van der Waals surface area contributed by atoms with E-state index >= 15 is 4.39 Å². The molecular weight excluding hydrogens is 703 g/mol. The summed E-state index contributed by atoms with van der Waals surface area (Å²) in [7, 11) is 0. The monoisotopic (exact) mass is 740 g/mol. The number of fused-ring (bicyclic) bond motifs is 5. The number of hydrogen-bond donors (Lipinski definition) is 5. The summed E-state index contributed by atoms with van der Waals surface area (Å²) in [6.45, 7) is 0.911. The summed E-state index contributed by atoms with van der Waals surface area (Å²) >= 11 is 0. The average molecular weight is 741 g/mol. The van der Waals surface area contributed by atoms with Crippen molar-refractivity contribution < 1.29 is 42.9 Å². The third-order valence-corrected chi connectivity index (χ3v) is 10.2. The van der Waals surface area contributed by atoms with E-state index in [1.54, 1.807) is 37.3 Å². The van der Waals surface area contributed by atoms with Crippen LogP contribution in [0.2, 0.25) is 0 Å². The summed E-state index contributed by atoms with van der Waals surface area (Å²) in [5.41, 5.74) is 4.97. The summed E-state index contributed by atoms with van der Waals surface area (Å²) in [6, 6.07) is 11.0. The van der Waals surface area contributed by atoms with Crippen molar-refractivity contribution in [2.45, 2.75) is 57.4 Å². The molecule has 16 heteroatoms. The Morgan fingerprint density at radius 2 is 1.89 bits per heavy atom. The molecule has 54 heavy (non-hydrogen) atoms. The van der Waals surface area contributed by atoms with Crippen molar-refractivity contribution in [3.05, 3.63) is 97.6 Å². The van der Waals surface area contributed by atoms with Crippen LogP contribution >= 0.6 is 0 Å². The summed E-state index contributed by atoms with van der Waals surface area (Å²) in [6.07, 6.45) is 0.0642. The van der Waals surface area contributed by atoms with E-state index in [1.807, 2.05) is 6.07 Å². The molecule has 280 valence electrons. The van der Waals surface area contributed by atoms with Crippen LogP contribution < -0.4 is 26.8 Å². The lowest BCUT2D eigenvalue weighted by molar-refractivity contribution is -0.157. The summed E-state index contributed by atoms with van der Waals surface area (Å²) in [4.78, 5) is 79.1. The van der Waals surface area contributed by atoms with E-state index in [-0.39, 0.29) is 56.5 Å². The molecule has 0 fully saturated rings. The van der Waals surface area contributed by atoms with Gasteiger partial charge in [-0.15, -0.1) is 0 Å². The number of aliphatic hydroxyl groups excluding tert-OH is 1. The van der Waals surface area contributed by atoms with Crippen LogP contribution in [0.4, 0.5) is 4.39 Å². The fourth-order valence-electron chi connectivity index (χ4n) is 7.49. The number of carbonyl (C=O) groups is 5. The van der Waals surface area contributed by atoms with Gasteiger partial charge in [-0.3, -0.25) is 24.0 Å². The third kappa shape index (κ3) is 6.92. The van der Waals surface area contributed by atoms with Gasteiger partial charge in [-0.05, 0) is 48.1 Å². The summed E-state index contributed by atoms with van der Waals surface area (Å²) in [5.74, 6) is -3.16. The zero-order chi connectivity index (χ0) is 38.1. The number of esters is 1. The van der Waals surface area contributed by atoms with Crippen LogP contribution in [0.25, 0.3) is 22.3 Å². The highest BCUT2D eigenvalue weighted by Gasteiger charge is 2.37. The maximum Gasteiger partial charge on any atom is 0.340 e. The Kier molecular flexibility index (Phi) is 10.2. The molecule has 0 bridgehead atoms. The normalized spacial score (nSPS) is 17.1. The zero-order valence-electron chi connectivity index (χ0n) is 29.2. The lowest BCUT2D eigenvalue weighted by Crippen LogP contribution is -2.51. The number of carbonyl (C=O) groups excluding carboxylic acids is 5. The predicted molar refractivity (Wildman–Crippen MR) is 189 cm³/mol. The Balaban J connectivity index is 1.04. The Bertz CT molecular complexity index is 2260. The van der Waals surface area contributed by atoms with Gasteiger partial charge in [0.05, 0.1) is 48.7 Å². The number of aromatic nitrogens is 2. The van der Waals surface area contributed by atoms with Crippen molar-refractivity contribution >= 4 is 41.0 Å². The highest BCUT2D eigenvalue weighted by atomic mass is 19.1. The Morgan fingerprint density at radius 3 is 2.67 bits per heavy atom. The average Bonchev–Trinajstić information content (AvgIpc) is 3.54. The van der Waals surface area contributed by atoms with Gasteiger partial charge in [-0.2, -0.15) is 0 Å². The van der Waals surface area contributed by atoms with Crippen LogP contribution in [0.5, 0.6) is 0 Å². The van der Waals surface area contributed by atoms with Crippen molar-refractivity contribution in [3.8, 4) is 11.4 Å². The molecule has 15 nitrogen and oxygen atoms in total. The van der Waals surface area contributed by atoms with Gasteiger partial charge in [-0.1, -0.05) is 30.3 Å². The molecule has 3 unspecified atom stereocenters. The predicted octanol–water partition coefficient (Wildman–Crippen LogP) is 0.673. The Morgan fingerprint density at radius 1 is 1.09 bits per heavy atom. The van der Waals surface area contributed by atoms with Gasteiger partial charge >= 0.3 is 5.97 Å². The van der Waals surface area contributed by atoms with E-state index in [1.165, 1.54) is 10.6 Å². The van der Waals surface area contributed by atoms with Crippen LogP contribution in [0.1, 0.15) is 57.4 Å². The second-order valence-electron chi connectivity index (χ2n) is 13.5. The number of nitrogens with zero attached hydrogens (tertiary/aromatic N) is 2. The minimum atomic E-state index is -1.61. The largest absolute Gasteiger partial charge is 0.458 e. The standard InChI is InChI=1S/C38H37FN6O9/c1-19-22-8-7-21(15-53-18-42-30(47)13-41-36(50)28(43-31(48)12-40-17-46)9-20-5-3-2-4-6-20)32-24-14-45-29(34(24)44-27(33(22)32)11-26(19)39)10-23-25(37(45)51)16-54-38(52)35(23)49/h2-6,10-11,17,21,28,35,49H,7-9,12-16,18H2,1H3,(H,40,46)(H,41,50)(H,42,47)(H,43,48). The Labute approximate surface area is 307 Å². The molecule has 2 aromatic heterocycles. The second-order valence-corrected chi connectivity index (χ2v) is 13.5. The highest BCUT2D eigenvalue weighted by molar-refractivity contribution is 5.93. The minimum absolute atomic E-state index is 0.158. The maximum absolute atomic E-state index is 15.2. The maximum atomic E-state index is 15.2. The number of aliphatic hydroxyl groups is 1. The molecule has 0 saturated heterocycles. The molecule has 4 aromatic rings. The number of nitrogens with one attached hydrogen (secondary N) is 4. The van der Waals surface area contributed by atoms with Crippen molar-refractivity contribution in [3.63, 3.8) is 0 Å². The first-order valence-electron chi connectivity index (χ1n) is 17.4. The van der Waals surface area contributed by atoms with Crippen LogP contribution in [-0.4, -0.2) is 77.2 Å². The first-order valence-corrected chi connectivity index (χ1v) is 17.4. The number of halogens is 1. The number of hydrogen-bond acceptors (Lipinski definition) is 10. The fraction of sp³-hybridized carbons (Fsp3) is 0.342. The molecule has 4 heterocycles. The van der Waals surface area contributed by atoms with Crippen LogP contribution in [0.15, 0.2) is 47.3 Å². The molecule has 0 saturated carbocycles. The number of aryl methyl sites for hydroxylation is 1. The van der Waals surface area contributed by atoms with Gasteiger partial charge < -0.3 is 40.4 Å². The van der Waals surface area contributed by atoms with Gasteiger partial charge in [0.15, 0.2) is 6.10 Å². The number of ether oxygens (including phenoxy) is 2. The van der Waals surface area contributed by atoms with E-state index in [4.69, 9.17) is 14.5 Å². The summed E-state index contributed by atoms with van der Waals surface area (Å²) in [5, 5.41) is 21.3. The first kappa shape index (κ1) is 36.4. The molecule has 0 radical (unpaired) electrons. The first-order chi connectivity index (χ1) is 26.0. The number of benzene rings is 2. The molecule has 2 aliphatic heterocycles. The lowest BCUT2D eigenvalue weighted by Gasteiger charge is -2.29. The highest BCUT2D eigenvalue weighted by Crippen LogP contribution is 2.46. The molecule has 0 spiro atoms. The van der Waals surface area contributed by atoms with Crippen molar-refractivity contribution in [1.29, 1.82) is 0 Å². The molecule has 3 aliphatic rings. The molecule has 3 atom stereocenters. The number of rotatable bonds is 13. The molecule has 7 rings (SSSR count). The smallest absolute Gasteiger partial charge is 0.340 e. The van der Waals surface area contributed by atoms with Crippen molar-refractivity contribution in [2.24, 2.45) is 0 Å². The zero-order valence-corrected chi connectivity index (χ0v) is 29.2. The minimum Gasteiger partial charge on any atom is -0.458 e. The van der Waals surface area contributed by atoms with E-state index in [0.717, 1.165) is 27.6 Å². The molecule has 2 aromatic carbocycles. The van der Waals surface area contributed by atoms with Gasteiger partial charge in [0, 0.05) is 34.9 Å². The number of cyclic esters (lactones) is 1. The van der Waals surface area contributed by atoms with Gasteiger partial charge in [0.2, 0.25) is 24.1 Å². The van der Waals surface area contributed by atoms with Gasteiger partial charge in [0.1, 0.15) is 25.2 Å². The van der Waals surface area contributed by atoms with Gasteiger partial charge in [-0.25, -0.2) is 14.2 Å². The Hall–Kier alpha value is -6.00. The number of pyridine rings is 2. The molecular formula is C38H37FN6O9. The quantitative estimate of drug-likeness (QED) is 0.0494. The van der Waals surface area contributed by atoms with Crippen molar-refractivity contribution in [2.75, 3.05) is 26.4 Å². The van der Waals surface area contributed by atoms with Crippen LogP contribution in [-0.2, 0) is 59.4 Å². The SMILES string of the molecule is Cc1c(F)cc2nc3c(c4c2c1CCC4COCNC(=O)CNC(=O)C(Cc1ccccc1)NC(=O)CNC=O)Cn1c-3cc2c(c1=O)COC(=O)C2O. The molecule has 1 aliphatic carbocycles. The fourth-order valence-corrected chi connectivity index (χ4v) is 7.49. The van der Waals surface area contributed by atoms with E-state index in [2.05, 4.69) is 21.3 Å². The number of amides is 4. The van der Waals surface area contributed by atoms with Crippen molar-refractivity contribution in [1.82, 2.24) is 30.8 Å². The topological polar surface area (TPSA) is 207 Å². The second kappa shape index (κ2) is 15.2. The third-order valence-electron chi connectivity index (χ3n) is 10.2.